The second-order valence-corrected chi connectivity index (χ2v) is 11.5. The molecule has 1 aromatic heterocycles. The summed E-state index contributed by atoms with van der Waals surface area (Å²) in [6, 6.07) is 14.1. The Kier molecular flexibility index (Phi) is 8.98. The van der Waals surface area contributed by atoms with Crippen molar-refractivity contribution in [3.05, 3.63) is 82.9 Å². The molecule has 41 heavy (non-hydrogen) atoms. The van der Waals surface area contributed by atoms with E-state index in [-0.39, 0.29) is 11.8 Å². The molecular formula is C33H41N5O3. The second kappa shape index (κ2) is 12.8. The van der Waals surface area contributed by atoms with Gasteiger partial charge in [0.05, 0.1) is 24.8 Å². The van der Waals surface area contributed by atoms with Gasteiger partial charge in [0.25, 0.3) is 5.91 Å². The molecule has 3 aromatic rings. The Morgan fingerprint density at radius 2 is 1.71 bits per heavy atom. The van der Waals surface area contributed by atoms with E-state index < -0.39 is 0 Å². The number of benzene rings is 2. The van der Waals surface area contributed by atoms with Crippen molar-refractivity contribution in [1.29, 1.82) is 0 Å². The normalized spacial score (nSPS) is 16.7. The Hall–Kier alpha value is -3.78. The fraction of sp³-hybridized carbons (Fsp3) is 0.455. The molecule has 8 heteroatoms. The smallest absolute Gasteiger partial charge is 0.257 e. The number of aryl methyl sites for hydroxylation is 1. The fourth-order valence-corrected chi connectivity index (χ4v) is 5.56. The summed E-state index contributed by atoms with van der Waals surface area (Å²) in [5.41, 5.74) is 4.34. The third kappa shape index (κ3) is 6.93. The first-order valence-electron chi connectivity index (χ1n) is 14.7. The predicted octanol–water partition coefficient (Wildman–Crippen LogP) is 5.00. The van der Waals surface area contributed by atoms with Gasteiger partial charge in [0.2, 0.25) is 5.91 Å². The van der Waals surface area contributed by atoms with Gasteiger partial charge in [0.15, 0.2) is 0 Å². The van der Waals surface area contributed by atoms with E-state index in [9.17, 15) is 9.59 Å². The fourth-order valence-electron chi connectivity index (χ4n) is 5.56. The molecule has 2 aliphatic rings. The summed E-state index contributed by atoms with van der Waals surface area (Å²) >= 11 is 0. The van der Waals surface area contributed by atoms with Crippen LogP contribution in [0.4, 0.5) is 5.69 Å². The van der Waals surface area contributed by atoms with Crippen molar-refractivity contribution in [2.75, 3.05) is 38.2 Å². The van der Waals surface area contributed by atoms with Crippen molar-refractivity contribution in [3.63, 3.8) is 0 Å². The number of ether oxygens (including phenoxy) is 1. The maximum atomic E-state index is 13.9. The van der Waals surface area contributed by atoms with Crippen molar-refractivity contribution in [2.24, 2.45) is 0 Å². The molecule has 1 fully saturated rings. The van der Waals surface area contributed by atoms with Crippen LogP contribution in [-0.4, -0.2) is 70.9 Å². The lowest BCUT2D eigenvalue weighted by Gasteiger charge is -2.30. The third-order valence-corrected chi connectivity index (χ3v) is 8.13. The molecule has 2 amide bonds. The number of hydrogen-bond donors (Lipinski definition) is 0. The highest BCUT2D eigenvalue weighted by Crippen LogP contribution is 2.37. The molecular weight excluding hydrogens is 514 g/mol. The number of methoxy groups -OCH3 is 1. The van der Waals surface area contributed by atoms with Gasteiger partial charge in [0.1, 0.15) is 11.6 Å². The first kappa shape index (κ1) is 28.7. The number of rotatable bonds is 6. The summed E-state index contributed by atoms with van der Waals surface area (Å²) in [5, 5.41) is 0. The molecule has 1 aliphatic carbocycles. The lowest BCUT2D eigenvalue weighted by molar-refractivity contribution is -0.118. The van der Waals surface area contributed by atoms with Crippen LogP contribution in [-0.2, 0) is 17.8 Å². The van der Waals surface area contributed by atoms with E-state index in [1.807, 2.05) is 59.2 Å². The van der Waals surface area contributed by atoms with Gasteiger partial charge in [-0.1, -0.05) is 30.3 Å². The zero-order chi connectivity index (χ0) is 28.9. The van der Waals surface area contributed by atoms with E-state index in [0.29, 0.717) is 43.6 Å². The maximum Gasteiger partial charge on any atom is 0.257 e. The zero-order valence-corrected chi connectivity index (χ0v) is 24.7. The quantitative estimate of drug-likeness (QED) is 0.426. The number of aromatic nitrogens is 2. The van der Waals surface area contributed by atoms with Crippen molar-refractivity contribution in [2.45, 2.75) is 65.0 Å². The summed E-state index contributed by atoms with van der Waals surface area (Å²) in [5.74, 6) is 2.00. The molecule has 0 N–H and O–H groups in total. The molecule has 1 saturated carbocycles. The molecule has 0 bridgehead atoms. The van der Waals surface area contributed by atoms with Gasteiger partial charge in [-0.25, -0.2) is 9.97 Å². The number of carbonyl (C=O) groups is 2. The van der Waals surface area contributed by atoms with Crippen LogP contribution in [0.2, 0.25) is 0 Å². The van der Waals surface area contributed by atoms with Crippen LogP contribution in [0.25, 0.3) is 0 Å². The molecule has 8 nitrogen and oxygen atoms in total. The molecule has 0 unspecified atom stereocenters. The van der Waals surface area contributed by atoms with Gasteiger partial charge in [0, 0.05) is 57.1 Å². The minimum atomic E-state index is -0.0844. The Balaban J connectivity index is 1.47. The van der Waals surface area contributed by atoms with E-state index in [0.717, 1.165) is 66.3 Å². The van der Waals surface area contributed by atoms with Gasteiger partial charge in [-0.3, -0.25) is 14.5 Å². The summed E-state index contributed by atoms with van der Waals surface area (Å²) < 4.78 is 5.29. The minimum Gasteiger partial charge on any atom is -0.497 e. The summed E-state index contributed by atoms with van der Waals surface area (Å²) in [6.45, 7) is 9.60. The molecule has 0 atom stereocenters. The van der Waals surface area contributed by atoms with Crippen LogP contribution in [0.1, 0.15) is 71.9 Å². The Bertz CT molecular complexity index is 1350. The molecule has 0 radical (unpaired) electrons. The van der Waals surface area contributed by atoms with E-state index in [4.69, 9.17) is 4.74 Å². The summed E-state index contributed by atoms with van der Waals surface area (Å²) in [6.07, 6.45) is 6.72. The molecule has 2 heterocycles. The second-order valence-electron chi connectivity index (χ2n) is 11.5. The van der Waals surface area contributed by atoms with Gasteiger partial charge >= 0.3 is 0 Å². The Morgan fingerprint density at radius 1 is 0.976 bits per heavy atom. The highest BCUT2D eigenvalue weighted by molar-refractivity contribution is 5.97. The van der Waals surface area contributed by atoms with Crippen LogP contribution in [0.15, 0.2) is 54.9 Å². The van der Waals surface area contributed by atoms with E-state index >= 15 is 0 Å². The van der Waals surface area contributed by atoms with Gasteiger partial charge in [-0.05, 0) is 68.9 Å². The van der Waals surface area contributed by atoms with Crippen molar-refractivity contribution < 1.29 is 14.3 Å². The van der Waals surface area contributed by atoms with Gasteiger partial charge in [-0.15, -0.1) is 0 Å². The molecule has 1 aliphatic heterocycles. The number of carbonyl (C=O) groups excluding carboxylic acids is 2. The predicted molar refractivity (Wildman–Crippen MR) is 160 cm³/mol. The van der Waals surface area contributed by atoms with E-state index in [2.05, 4.69) is 28.7 Å². The van der Waals surface area contributed by atoms with Crippen LogP contribution in [0, 0.1) is 6.92 Å². The van der Waals surface area contributed by atoms with Crippen LogP contribution >= 0.6 is 0 Å². The average Bonchev–Trinajstić information content (AvgIpc) is 3.82. The molecule has 0 spiro atoms. The van der Waals surface area contributed by atoms with Crippen molar-refractivity contribution in [1.82, 2.24) is 19.8 Å². The number of para-hydroxylation sites is 1. The highest BCUT2D eigenvalue weighted by Gasteiger charge is 2.28. The average molecular weight is 556 g/mol. The molecule has 216 valence electrons. The number of hydrogen-bond acceptors (Lipinski definition) is 6. The summed E-state index contributed by atoms with van der Waals surface area (Å²) in [7, 11) is 1.64. The van der Waals surface area contributed by atoms with E-state index in [1.54, 1.807) is 19.5 Å². The number of fused-ring (bicyclic) bond motifs is 1. The number of anilines is 1. The standard InChI is InChI=1S/C33H41N5O3/c1-23(2)36-15-6-16-38(30(39)19-25-9-13-29(41-4)14-10-25)31-24(3)7-5-8-27(31)22-37(18-17-36)33(40)28-20-34-32(35-21-28)26-11-12-26/h5,7-10,13-14,20-21,23,26H,6,11-12,15-19,22H2,1-4H3. The SMILES string of the molecule is COc1ccc(CC(=O)N2CCCN(C(C)C)CCN(C(=O)c3cnc(C4CC4)nc3)Cc3cccc(C)c32)cc1. The molecule has 2 aromatic carbocycles. The van der Waals surface area contributed by atoms with Crippen molar-refractivity contribution in [3.8, 4) is 5.75 Å². The number of nitrogens with zero attached hydrogens (tertiary/aromatic N) is 5. The van der Waals surface area contributed by atoms with Crippen LogP contribution < -0.4 is 9.64 Å². The minimum absolute atomic E-state index is 0.0444. The molecule has 0 saturated heterocycles. The largest absolute Gasteiger partial charge is 0.497 e. The van der Waals surface area contributed by atoms with Crippen LogP contribution in [0.3, 0.4) is 0 Å². The topological polar surface area (TPSA) is 78.9 Å². The highest BCUT2D eigenvalue weighted by atomic mass is 16.5. The van der Waals surface area contributed by atoms with Crippen molar-refractivity contribution >= 4 is 17.5 Å². The van der Waals surface area contributed by atoms with Gasteiger partial charge < -0.3 is 14.5 Å². The molecule has 5 rings (SSSR count). The Morgan fingerprint density at radius 3 is 2.37 bits per heavy atom. The number of amides is 2. The lowest BCUT2D eigenvalue weighted by atomic mass is 10.0. The lowest BCUT2D eigenvalue weighted by Crippen LogP contribution is -2.41. The first-order valence-corrected chi connectivity index (χ1v) is 14.7. The Labute approximate surface area is 243 Å². The van der Waals surface area contributed by atoms with E-state index in [1.165, 1.54) is 0 Å². The van der Waals surface area contributed by atoms with Crippen LogP contribution in [0.5, 0.6) is 5.75 Å². The summed E-state index contributed by atoms with van der Waals surface area (Å²) in [4.78, 5) is 43.0. The first-order chi connectivity index (χ1) is 19.8. The monoisotopic (exact) mass is 555 g/mol. The zero-order valence-electron chi connectivity index (χ0n) is 24.7. The van der Waals surface area contributed by atoms with Gasteiger partial charge in [-0.2, -0.15) is 0 Å². The maximum absolute atomic E-state index is 13.9. The third-order valence-electron chi connectivity index (χ3n) is 8.13.